The zero-order valence-electron chi connectivity index (χ0n) is 46.9. The maximum atomic E-state index is 14.6. The van der Waals surface area contributed by atoms with Crippen molar-refractivity contribution in [3.63, 3.8) is 0 Å². The van der Waals surface area contributed by atoms with Crippen LogP contribution in [0.25, 0.3) is 0 Å². The highest BCUT2D eigenvalue weighted by molar-refractivity contribution is 6.39. The lowest BCUT2D eigenvalue weighted by Crippen LogP contribution is -2.61. The molecule has 0 spiro atoms. The van der Waals surface area contributed by atoms with Crippen LogP contribution in [-0.4, -0.2) is 144 Å². The number of esters is 1. The van der Waals surface area contributed by atoms with E-state index >= 15 is 0 Å². The summed E-state index contributed by atoms with van der Waals surface area (Å²) in [6.45, 7) is 17.7. The van der Waals surface area contributed by atoms with Crippen LogP contribution in [0.15, 0.2) is 90.1 Å². The fraction of sp³-hybridized carbons (Fsp3) is 0.672. The molecule has 4 aliphatic rings. The van der Waals surface area contributed by atoms with Crippen molar-refractivity contribution in [2.45, 2.75) is 186 Å². The monoisotopic (exact) mass is 1060 g/mol. The first kappa shape index (κ1) is 62.7. The Bertz CT molecular complexity index is 2170. The third-order valence-corrected chi connectivity index (χ3v) is 16.5. The van der Waals surface area contributed by atoms with Gasteiger partial charge in [-0.15, -0.1) is 0 Å². The molecule has 0 radical (unpaired) electrons. The van der Waals surface area contributed by atoms with Gasteiger partial charge < -0.3 is 53.7 Å². The van der Waals surface area contributed by atoms with Crippen LogP contribution in [-0.2, 0) is 47.6 Å². The summed E-state index contributed by atoms with van der Waals surface area (Å²) in [5.74, 6) is -7.23. The lowest BCUT2D eigenvalue weighted by Gasteiger charge is -2.43. The molecule has 2 saturated heterocycles. The molecule has 3 heterocycles. The zero-order chi connectivity index (χ0) is 55.7. The van der Waals surface area contributed by atoms with Crippen LogP contribution >= 0.6 is 0 Å². The third-order valence-electron chi connectivity index (χ3n) is 16.5. The second-order valence-electron chi connectivity index (χ2n) is 22.4. The molecule has 0 aromatic heterocycles. The molecule has 4 N–H and O–H groups in total. The lowest BCUT2D eigenvalue weighted by atomic mass is 9.78. The van der Waals surface area contributed by atoms with E-state index in [9.17, 15) is 39.6 Å². The molecule has 3 fully saturated rings. The Balaban J connectivity index is 1.48. The molecule has 1 aromatic carbocycles. The number of piperidine rings is 1. The second kappa shape index (κ2) is 30.3. The number of carbonyl (C=O) groups is 4. The molecule has 2 bridgehead atoms. The number of aliphatic hydroxyl groups excluding tert-OH is 3. The minimum atomic E-state index is -2.51. The maximum Gasteiger partial charge on any atom is 0.329 e. The molecular weight excluding hydrogens is 971 g/mol. The van der Waals surface area contributed by atoms with Crippen molar-refractivity contribution >= 4 is 23.4 Å². The van der Waals surface area contributed by atoms with Gasteiger partial charge in [-0.3, -0.25) is 14.4 Å². The molecule has 5 rings (SSSR count). The molecule has 2 unspecified atom stereocenters. The van der Waals surface area contributed by atoms with Crippen molar-refractivity contribution in [2.24, 2.45) is 35.5 Å². The summed E-state index contributed by atoms with van der Waals surface area (Å²) in [5, 5.41) is 44.5. The molecular formula is C61H91NO14. The van der Waals surface area contributed by atoms with Crippen LogP contribution in [0.1, 0.15) is 137 Å². The number of aliphatic hydroxyl groups is 4. The van der Waals surface area contributed by atoms with E-state index in [-0.39, 0.29) is 87.3 Å². The molecule has 1 amide bonds. The van der Waals surface area contributed by atoms with E-state index in [0.29, 0.717) is 56.1 Å². The van der Waals surface area contributed by atoms with Crippen molar-refractivity contribution in [3.8, 4) is 0 Å². The molecule has 1 aliphatic carbocycles. The van der Waals surface area contributed by atoms with Gasteiger partial charge >= 0.3 is 5.97 Å². The number of cyclic esters (lactones) is 1. The normalized spacial score (nSPS) is 36.7. The van der Waals surface area contributed by atoms with Crippen molar-refractivity contribution in [1.29, 1.82) is 0 Å². The summed E-state index contributed by atoms with van der Waals surface area (Å²) < 4.78 is 36.7. The van der Waals surface area contributed by atoms with Crippen LogP contribution in [0.3, 0.4) is 0 Å². The summed E-state index contributed by atoms with van der Waals surface area (Å²) in [7, 11) is 3.17. The largest absolute Gasteiger partial charge is 0.460 e. The van der Waals surface area contributed by atoms with E-state index in [1.165, 1.54) is 12.0 Å². The minimum Gasteiger partial charge on any atom is -0.460 e. The summed E-state index contributed by atoms with van der Waals surface area (Å²) >= 11 is 0. The molecule has 3 aliphatic heterocycles. The third kappa shape index (κ3) is 17.2. The average molecular weight is 1060 g/mol. The van der Waals surface area contributed by atoms with Crippen LogP contribution < -0.4 is 0 Å². The fourth-order valence-electron chi connectivity index (χ4n) is 11.5. The Morgan fingerprint density at radius 1 is 0.868 bits per heavy atom. The van der Waals surface area contributed by atoms with Gasteiger partial charge in [-0.2, -0.15) is 0 Å². The molecule has 16 atom stereocenters. The molecule has 1 saturated carbocycles. The molecule has 424 valence electrons. The molecule has 15 nitrogen and oxygen atoms in total. The number of hydrogen-bond donors (Lipinski definition) is 4. The average Bonchev–Trinajstić information content (AvgIpc) is 3.41. The topological polar surface area (TPSA) is 208 Å². The fourth-order valence-corrected chi connectivity index (χ4v) is 11.5. The Hall–Kier alpha value is -4.16. The van der Waals surface area contributed by atoms with Gasteiger partial charge in [0.2, 0.25) is 5.79 Å². The van der Waals surface area contributed by atoms with Gasteiger partial charge in [-0.25, -0.2) is 4.79 Å². The number of carbonyl (C=O) groups excluding carboxylic acids is 4. The number of allylic oxidation sites excluding steroid dienone is 6. The van der Waals surface area contributed by atoms with Crippen LogP contribution in [0.4, 0.5) is 0 Å². The maximum absolute atomic E-state index is 14.6. The SMILES string of the molecule is C=C1[C@H](C)C[C@H](C)/C=C/C=C/C=C(\C)C(OC[C@H](O)c2ccccc2)C[C@@H]2CC[C@@H](C)[C@@](O)(O2)C(=O)C(=O)N2CCCCC2C(=O)O[C@H]([C@H](C)C[C@@H]2CC[C@@H](OCCO)[C@H](OC)C2)CC(=O)[C@H](C)/C=C(\C)[C@@H](O)[C@H]1OC. The number of hydrogen-bond acceptors (Lipinski definition) is 14. The van der Waals surface area contributed by atoms with E-state index < -0.39 is 77.9 Å². The number of benzene rings is 1. The Labute approximate surface area is 452 Å². The van der Waals surface area contributed by atoms with Gasteiger partial charge in [0, 0.05) is 45.4 Å². The number of Topliss-reactive ketones (excluding diaryl/α,β-unsaturated/α-hetero) is 2. The number of ketones is 2. The first-order valence-corrected chi connectivity index (χ1v) is 27.9. The Kier molecular flexibility index (Phi) is 25.0. The summed E-state index contributed by atoms with van der Waals surface area (Å²) in [6.07, 6.45) is 11.8. The summed E-state index contributed by atoms with van der Waals surface area (Å²) in [5.41, 5.74) is 2.75. The van der Waals surface area contributed by atoms with E-state index in [1.54, 1.807) is 34.0 Å². The predicted molar refractivity (Wildman–Crippen MR) is 290 cm³/mol. The van der Waals surface area contributed by atoms with E-state index in [4.69, 9.17) is 28.4 Å². The van der Waals surface area contributed by atoms with Gasteiger partial charge in [0.05, 0.1) is 44.2 Å². The number of nitrogens with zero attached hydrogens (tertiary/aromatic N) is 1. The lowest BCUT2D eigenvalue weighted by molar-refractivity contribution is -0.266. The van der Waals surface area contributed by atoms with Gasteiger partial charge in [0.1, 0.15) is 36.2 Å². The van der Waals surface area contributed by atoms with Crippen molar-refractivity contribution in [3.05, 3.63) is 95.6 Å². The quantitative estimate of drug-likeness (QED) is 0.0883. The van der Waals surface area contributed by atoms with Gasteiger partial charge in [-0.05, 0) is 124 Å². The zero-order valence-corrected chi connectivity index (χ0v) is 46.9. The molecule has 15 heteroatoms. The number of ether oxygens (including phenoxy) is 6. The highest BCUT2D eigenvalue weighted by Crippen LogP contribution is 2.38. The van der Waals surface area contributed by atoms with Crippen molar-refractivity contribution < 1.29 is 68.0 Å². The summed E-state index contributed by atoms with van der Waals surface area (Å²) in [4.78, 5) is 59.3. The number of amides is 1. The van der Waals surface area contributed by atoms with E-state index in [2.05, 4.69) is 26.5 Å². The van der Waals surface area contributed by atoms with E-state index in [0.717, 1.165) is 24.0 Å². The van der Waals surface area contributed by atoms with Crippen LogP contribution in [0.2, 0.25) is 0 Å². The van der Waals surface area contributed by atoms with Crippen molar-refractivity contribution in [2.75, 3.05) is 40.6 Å². The Morgan fingerprint density at radius 3 is 2.30 bits per heavy atom. The number of methoxy groups -OCH3 is 2. The summed E-state index contributed by atoms with van der Waals surface area (Å²) in [6, 6.07) is 8.02. The van der Waals surface area contributed by atoms with Gasteiger partial charge in [0.15, 0.2) is 0 Å². The predicted octanol–water partition coefficient (Wildman–Crippen LogP) is 8.29. The highest BCUT2D eigenvalue weighted by Gasteiger charge is 2.53. The van der Waals surface area contributed by atoms with Crippen LogP contribution in [0, 0.1) is 35.5 Å². The molecule has 76 heavy (non-hydrogen) atoms. The number of rotatable bonds is 12. The van der Waals surface area contributed by atoms with Gasteiger partial charge in [-0.1, -0.05) is 108 Å². The Morgan fingerprint density at radius 2 is 1.61 bits per heavy atom. The number of fused-ring (bicyclic) bond motifs is 3. The first-order chi connectivity index (χ1) is 36.2. The van der Waals surface area contributed by atoms with Crippen molar-refractivity contribution in [1.82, 2.24) is 4.90 Å². The standard InChI is InChI=1S/C61H91NO14/c1-38-19-13-11-14-20-39(2)53(74-37-51(65)47-21-15-12-16-22-47)35-48-26-24-44(7)61(70,76-48)58(67)59(68)62-28-18-17-23-49(62)60(69)75-54(42(5)33-46-25-27-52(73-30-29-63)55(34-46)71-9)36-50(64)41(4)32-43(6)56(66)57(72-10)45(8)40(3)31-38/h11-16,19-22,32,38,40-42,44,46,48-49,51-57,63,65-66,70H,8,17-18,23-31,33-37H2,1-7,9-10H3/b14-11+,19-13+,39-20+,43-32+/t38-,40-,41-,42-,44-,46+,48+,49?,51+,52-,53?,54+,55-,56-,57+,61-/m1/s1. The van der Waals surface area contributed by atoms with E-state index in [1.807, 2.05) is 68.5 Å². The first-order valence-electron chi connectivity index (χ1n) is 27.9. The van der Waals surface area contributed by atoms with Gasteiger partial charge in [0.25, 0.3) is 11.7 Å². The van der Waals surface area contributed by atoms with Crippen LogP contribution in [0.5, 0.6) is 0 Å². The molecule has 1 aromatic rings. The second-order valence-corrected chi connectivity index (χ2v) is 22.4. The minimum absolute atomic E-state index is 0.0371. The highest BCUT2D eigenvalue weighted by atomic mass is 16.6. The smallest absolute Gasteiger partial charge is 0.329 e.